The van der Waals surface area contributed by atoms with Crippen LogP contribution in [0.1, 0.15) is 36.5 Å². The molecule has 0 amide bonds. The Kier molecular flexibility index (Phi) is 7.13. The zero-order valence-corrected chi connectivity index (χ0v) is 21.1. The third-order valence-electron chi connectivity index (χ3n) is 6.17. The van der Waals surface area contributed by atoms with Gasteiger partial charge >= 0.3 is 0 Å². The van der Waals surface area contributed by atoms with Crippen molar-refractivity contribution in [3.05, 3.63) is 54.6 Å². The van der Waals surface area contributed by atoms with Crippen LogP contribution in [0.15, 0.2) is 49.1 Å². The Hall–Kier alpha value is -4.25. The van der Waals surface area contributed by atoms with E-state index in [-0.39, 0.29) is 11.9 Å². The number of aryl methyl sites for hydroxylation is 1. The Balaban J connectivity index is 1.42. The summed E-state index contributed by atoms with van der Waals surface area (Å²) in [5.74, 6) is 2.31. The molecule has 2 N–H and O–H groups in total. The molecule has 11 nitrogen and oxygen atoms in total. The van der Waals surface area contributed by atoms with Crippen LogP contribution >= 0.6 is 0 Å². The molecule has 0 bridgehead atoms. The molecule has 11 heteroatoms. The zero-order valence-electron chi connectivity index (χ0n) is 21.1. The van der Waals surface area contributed by atoms with Crippen molar-refractivity contribution in [2.24, 2.45) is 7.05 Å². The number of Topliss-reactive ketones (excluding diaryl/α,β-unsaturated/α-hetero) is 1. The van der Waals surface area contributed by atoms with Crippen LogP contribution in [0.3, 0.4) is 0 Å². The lowest BCUT2D eigenvalue weighted by Gasteiger charge is -2.16. The minimum atomic E-state index is -0.0242. The molecule has 0 aliphatic carbocycles. The van der Waals surface area contributed by atoms with Gasteiger partial charge in [-0.3, -0.25) is 14.2 Å². The molecule has 0 saturated carbocycles. The Labute approximate surface area is 214 Å². The van der Waals surface area contributed by atoms with Gasteiger partial charge in [-0.05, 0) is 25.0 Å². The molecule has 1 aromatic carbocycles. The van der Waals surface area contributed by atoms with E-state index < -0.39 is 0 Å². The van der Waals surface area contributed by atoms with Gasteiger partial charge in [-0.25, -0.2) is 9.97 Å². The molecule has 5 rings (SSSR count). The monoisotopic (exact) mass is 502 g/mol. The van der Waals surface area contributed by atoms with Crippen LogP contribution in [-0.4, -0.2) is 55.1 Å². The average molecular weight is 503 g/mol. The van der Waals surface area contributed by atoms with E-state index in [2.05, 4.69) is 30.8 Å². The number of hydrogen-bond donors (Lipinski definition) is 2. The molecule has 1 saturated heterocycles. The van der Waals surface area contributed by atoms with E-state index in [0.717, 1.165) is 25.0 Å². The highest BCUT2D eigenvalue weighted by atomic mass is 16.5. The predicted octanol–water partition coefficient (Wildman–Crippen LogP) is 4.34. The van der Waals surface area contributed by atoms with E-state index in [4.69, 9.17) is 9.47 Å². The minimum absolute atomic E-state index is 0.0242. The highest BCUT2D eigenvalue weighted by Crippen LogP contribution is 2.37. The Morgan fingerprint density at radius 3 is 2.78 bits per heavy atom. The number of benzene rings is 1. The second-order valence-electron chi connectivity index (χ2n) is 8.83. The Bertz CT molecular complexity index is 1390. The molecular formula is C26H30N8O3. The van der Waals surface area contributed by atoms with Gasteiger partial charge in [-0.1, -0.05) is 13.0 Å². The summed E-state index contributed by atoms with van der Waals surface area (Å²) < 4.78 is 14.9. The van der Waals surface area contributed by atoms with Crippen LogP contribution in [0, 0.1) is 0 Å². The summed E-state index contributed by atoms with van der Waals surface area (Å²) in [5, 5.41) is 15.6. The number of aromatic nitrogens is 6. The van der Waals surface area contributed by atoms with Gasteiger partial charge in [0.1, 0.15) is 12.1 Å². The van der Waals surface area contributed by atoms with E-state index in [1.165, 1.54) is 0 Å². The number of anilines is 4. The largest absolute Gasteiger partial charge is 0.494 e. The first kappa shape index (κ1) is 24.4. The van der Waals surface area contributed by atoms with Crippen molar-refractivity contribution in [2.75, 3.05) is 24.4 Å². The number of carbonyl (C=O) groups is 1. The zero-order chi connectivity index (χ0) is 25.8. The second-order valence-corrected chi connectivity index (χ2v) is 8.83. The molecule has 0 spiro atoms. The van der Waals surface area contributed by atoms with Crippen molar-refractivity contribution in [1.29, 1.82) is 0 Å². The number of ketones is 1. The number of pyridine rings is 1. The summed E-state index contributed by atoms with van der Waals surface area (Å²) in [6.45, 7) is 3.35. The molecule has 4 heterocycles. The molecule has 37 heavy (non-hydrogen) atoms. The number of rotatable bonds is 10. The predicted molar refractivity (Wildman–Crippen MR) is 140 cm³/mol. The van der Waals surface area contributed by atoms with Crippen LogP contribution in [-0.2, 0) is 18.3 Å². The van der Waals surface area contributed by atoms with E-state index in [0.29, 0.717) is 53.1 Å². The number of methoxy groups -OCH3 is 1. The van der Waals surface area contributed by atoms with Crippen molar-refractivity contribution >= 4 is 28.8 Å². The summed E-state index contributed by atoms with van der Waals surface area (Å²) >= 11 is 0. The van der Waals surface area contributed by atoms with Crippen molar-refractivity contribution in [1.82, 2.24) is 29.5 Å². The van der Waals surface area contributed by atoms with Gasteiger partial charge in [0, 0.05) is 44.6 Å². The third-order valence-corrected chi connectivity index (χ3v) is 6.17. The highest BCUT2D eigenvalue weighted by molar-refractivity contribution is 6.02. The summed E-state index contributed by atoms with van der Waals surface area (Å²) in [6.07, 6.45) is 7.82. The maximum atomic E-state index is 12.7. The van der Waals surface area contributed by atoms with Crippen molar-refractivity contribution in [3.8, 4) is 17.1 Å². The van der Waals surface area contributed by atoms with Gasteiger partial charge in [-0.2, -0.15) is 10.2 Å². The van der Waals surface area contributed by atoms with E-state index in [9.17, 15) is 4.79 Å². The van der Waals surface area contributed by atoms with Crippen molar-refractivity contribution in [2.45, 2.75) is 38.8 Å². The third kappa shape index (κ3) is 5.46. The molecule has 1 fully saturated rings. The van der Waals surface area contributed by atoms with Gasteiger partial charge < -0.3 is 20.1 Å². The molecule has 1 atom stereocenters. The fourth-order valence-corrected chi connectivity index (χ4v) is 4.34. The standard InChI is InChI=1S/C26H30N8O3/c1-4-22(35)19-14-27-24(30-23-10-11-34(31-23)15-17-7-6-12-37-17)13-21(19)29-20-9-5-8-18(25(20)36-3)26-28-16-33(2)32-26/h5,8-11,13-14,16-17H,4,6-7,12,15H2,1-3H3,(H2,27,29,30,31). The summed E-state index contributed by atoms with van der Waals surface area (Å²) in [7, 11) is 3.41. The topological polar surface area (TPSA) is 121 Å². The van der Waals surface area contributed by atoms with Crippen LogP contribution in [0.25, 0.3) is 11.4 Å². The van der Waals surface area contributed by atoms with Gasteiger partial charge in [0.25, 0.3) is 0 Å². The molecular weight excluding hydrogens is 472 g/mol. The molecule has 3 aromatic heterocycles. The van der Waals surface area contributed by atoms with Crippen molar-refractivity contribution < 1.29 is 14.3 Å². The summed E-state index contributed by atoms with van der Waals surface area (Å²) in [5.41, 5.74) is 2.50. The van der Waals surface area contributed by atoms with Gasteiger partial charge in [0.05, 0.1) is 42.3 Å². The normalized spacial score (nSPS) is 15.1. The lowest BCUT2D eigenvalue weighted by Crippen LogP contribution is -2.15. The first-order valence-electron chi connectivity index (χ1n) is 12.3. The Morgan fingerprint density at radius 1 is 1.16 bits per heavy atom. The second kappa shape index (κ2) is 10.8. The van der Waals surface area contributed by atoms with Gasteiger partial charge in [0.2, 0.25) is 0 Å². The SMILES string of the molecule is CCC(=O)c1cnc(Nc2ccn(CC3CCCO3)n2)cc1Nc1cccc(-c2ncn(C)n2)c1OC. The number of para-hydroxylation sites is 1. The highest BCUT2D eigenvalue weighted by Gasteiger charge is 2.19. The quantitative estimate of drug-likeness (QED) is 0.305. The number of ether oxygens (including phenoxy) is 2. The first-order chi connectivity index (χ1) is 18.0. The maximum Gasteiger partial charge on any atom is 0.184 e. The van der Waals surface area contributed by atoms with E-state index >= 15 is 0 Å². The van der Waals surface area contributed by atoms with Crippen molar-refractivity contribution in [3.63, 3.8) is 0 Å². The number of hydrogen-bond acceptors (Lipinski definition) is 9. The number of nitrogens with zero attached hydrogens (tertiary/aromatic N) is 6. The maximum absolute atomic E-state index is 12.7. The molecule has 192 valence electrons. The fraction of sp³-hybridized carbons (Fsp3) is 0.346. The fourth-order valence-electron chi connectivity index (χ4n) is 4.34. The molecule has 0 radical (unpaired) electrons. The van der Waals surface area contributed by atoms with E-state index in [1.807, 2.05) is 49.1 Å². The van der Waals surface area contributed by atoms with Gasteiger partial charge in [0.15, 0.2) is 23.2 Å². The number of nitrogens with one attached hydrogen (secondary N) is 2. The molecule has 1 aliphatic heterocycles. The van der Waals surface area contributed by atoms with E-state index in [1.54, 1.807) is 30.4 Å². The van der Waals surface area contributed by atoms with Crippen LogP contribution in [0.4, 0.5) is 23.0 Å². The average Bonchev–Trinajstić information content (AvgIpc) is 3.67. The van der Waals surface area contributed by atoms with Crippen LogP contribution in [0.5, 0.6) is 5.75 Å². The molecule has 1 unspecified atom stereocenters. The van der Waals surface area contributed by atoms with Crippen LogP contribution < -0.4 is 15.4 Å². The van der Waals surface area contributed by atoms with Crippen LogP contribution in [0.2, 0.25) is 0 Å². The lowest BCUT2D eigenvalue weighted by atomic mass is 10.1. The lowest BCUT2D eigenvalue weighted by molar-refractivity contribution is 0.0940. The number of carbonyl (C=O) groups excluding carboxylic acids is 1. The molecule has 1 aliphatic rings. The summed E-state index contributed by atoms with van der Waals surface area (Å²) in [4.78, 5) is 21.5. The molecule has 4 aromatic rings. The first-order valence-corrected chi connectivity index (χ1v) is 12.3. The minimum Gasteiger partial charge on any atom is -0.494 e. The summed E-state index contributed by atoms with van der Waals surface area (Å²) in [6, 6.07) is 9.35. The smallest absolute Gasteiger partial charge is 0.184 e. The van der Waals surface area contributed by atoms with Gasteiger partial charge in [-0.15, -0.1) is 0 Å². The Morgan fingerprint density at radius 2 is 2.05 bits per heavy atom.